The van der Waals surface area contributed by atoms with Crippen molar-refractivity contribution in [2.24, 2.45) is 0 Å². The Labute approximate surface area is 119 Å². The van der Waals surface area contributed by atoms with Crippen LogP contribution in [0.2, 0.25) is 5.02 Å². The predicted molar refractivity (Wildman–Crippen MR) is 80.6 cm³/mol. The van der Waals surface area contributed by atoms with E-state index in [0.717, 1.165) is 18.2 Å². The third-order valence-electron chi connectivity index (χ3n) is 3.60. The Morgan fingerprint density at radius 1 is 1.00 bits per heavy atom. The average Bonchev–Trinajstić information content (AvgIpc) is 2.83. The fourth-order valence-electron chi connectivity index (χ4n) is 2.66. The van der Waals surface area contributed by atoms with Crippen LogP contribution >= 0.6 is 11.6 Å². The van der Waals surface area contributed by atoms with E-state index in [9.17, 15) is 0 Å². The molecule has 0 radical (unpaired) electrons. The number of nitrogens with zero attached hydrogens (tertiary/aromatic N) is 2. The molecule has 1 heterocycles. The second-order valence-electron chi connectivity index (χ2n) is 5.05. The van der Waals surface area contributed by atoms with E-state index >= 15 is 0 Å². The molecule has 3 rings (SSSR count). The van der Waals surface area contributed by atoms with Crippen molar-refractivity contribution in [3.05, 3.63) is 65.2 Å². The molecule has 0 amide bonds. The molecule has 0 aliphatic carbocycles. The molecule has 2 aromatic carbocycles. The molecule has 0 aromatic heterocycles. The van der Waals surface area contributed by atoms with Gasteiger partial charge in [0.2, 0.25) is 0 Å². The van der Waals surface area contributed by atoms with Crippen molar-refractivity contribution in [2.45, 2.75) is 6.04 Å². The molecule has 1 aliphatic heterocycles. The van der Waals surface area contributed by atoms with Crippen molar-refractivity contribution in [3.63, 3.8) is 0 Å². The molecule has 0 saturated carbocycles. The van der Waals surface area contributed by atoms with Gasteiger partial charge in [-0.2, -0.15) is 0 Å². The van der Waals surface area contributed by atoms with Crippen LogP contribution in [0.4, 0.5) is 5.69 Å². The Balaban J connectivity index is 1.92. The quantitative estimate of drug-likeness (QED) is 0.821. The smallest absolute Gasteiger partial charge is 0.0712 e. The van der Waals surface area contributed by atoms with Gasteiger partial charge < -0.3 is 4.90 Å². The molecule has 2 aromatic rings. The van der Waals surface area contributed by atoms with Crippen LogP contribution in [-0.2, 0) is 0 Å². The number of hydrogen-bond donors (Lipinski definition) is 0. The maximum atomic E-state index is 5.97. The minimum absolute atomic E-state index is 0.410. The van der Waals surface area contributed by atoms with Crippen LogP contribution in [-0.4, -0.2) is 25.2 Å². The summed E-state index contributed by atoms with van der Waals surface area (Å²) >= 11 is 5.97. The second-order valence-corrected chi connectivity index (χ2v) is 5.49. The molecule has 0 spiro atoms. The summed E-state index contributed by atoms with van der Waals surface area (Å²) in [5.41, 5.74) is 2.59. The molecule has 3 heteroatoms. The van der Waals surface area contributed by atoms with Crippen molar-refractivity contribution in [2.75, 3.05) is 25.2 Å². The lowest BCUT2D eigenvalue weighted by atomic mass is 10.1. The van der Waals surface area contributed by atoms with Crippen LogP contribution in [0.3, 0.4) is 0 Å². The monoisotopic (exact) mass is 272 g/mol. The Hall–Kier alpha value is -1.51. The molecule has 0 N–H and O–H groups in total. The van der Waals surface area contributed by atoms with E-state index in [1.807, 2.05) is 12.1 Å². The highest BCUT2D eigenvalue weighted by molar-refractivity contribution is 6.30. The number of hydrogen-bond acceptors (Lipinski definition) is 2. The molecule has 1 atom stereocenters. The maximum Gasteiger partial charge on any atom is 0.0712 e. The van der Waals surface area contributed by atoms with Gasteiger partial charge in [-0.15, -0.1) is 0 Å². The third kappa shape index (κ3) is 2.60. The average molecular weight is 273 g/mol. The zero-order valence-electron chi connectivity index (χ0n) is 11.0. The Kier molecular flexibility index (Phi) is 3.45. The Bertz CT molecular complexity index is 538. The number of anilines is 1. The van der Waals surface area contributed by atoms with Crippen LogP contribution in [0, 0.1) is 0 Å². The van der Waals surface area contributed by atoms with E-state index in [4.69, 9.17) is 11.6 Å². The lowest BCUT2D eigenvalue weighted by Crippen LogP contribution is -2.24. The first-order valence-corrected chi connectivity index (χ1v) is 6.87. The zero-order chi connectivity index (χ0) is 13.2. The first-order valence-electron chi connectivity index (χ1n) is 6.50. The highest BCUT2D eigenvalue weighted by Crippen LogP contribution is 2.32. The maximum absolute atomic E-state index is 5.97. The van der Waals surface area contributed by atoms with Crippen LogP contribution in [0.25, 0.3) is 0 Å². The van der Waals surface area contributed by atoms with Gasteiger partial charge in [-0.25, -0.2) is 0 Å². The summed E-state index contributed by atoms with van der Waals surface area (Å²) in [5, 5.41) is 0.785. The molecule has 1 unspecified atom stereocenters. The molecule has 1 fully saturated rings. The summed E-state index contributed by atoms with van der Waals surface area (Å²) in [4.78, 5) is 4.76. The number of likely N-dealkylation sites (N-methyl/N-ethyl adjacent to an activating group) is 1. The molecule has 1 aliphatic rings. The van der Waals surface area contributed by atoms with Gasteiger partial charge in [-0.05, 0) is 36.9 Å². The number of rotatable bonds is 2. The van der Waals surface area contributed by atoms with Crippen molar-refractivity contribution < 1.29 is 0 Å². The predicted octanol–water partition coefficient (Wildman–Crippen LogP) is 3.79. The fraction of sp³-hybridized carbons (Fsp3) is 0.250. The van der Waals surface area contributed by atoms with Crippen molar-refractivity contribution >= 4 is 17.3 Å². The molecular formula is C16H17ClN2. The fourth-order valence-corrected chi connectivity index (χ4v) is 2.79. The summed E-state index contributed by atoms with van der Waals surface area (Å²) in [6.07, 6.45) is 0. The van der Waals surface area contributed by atoms with Gasteiger partial charge in [0.05, 0.1) is 12.7 Å². The minimum atomic E-state index is 0.410. The zero-order valence-corrected chi connectivity index (χ0v) is 11.7. The standard InChI is InChI=1S/C16H17ClN2/c1-18-11-16(13-5-3-2-4-6-13)19(12-18)15-9-7-14(17)8-10-15/h2-10,16H,11-12H2,1H3. The normalized spacial score (nSPS) is 19.9. The molecule has 1 saturated heterocycles. The SMILES string of the molecule is CN1CC(c2ccccc2)N(c2ccc(Cl)cc2)C1. The van der Waals surface area contributed by atoms with E-state index in [1.165, 1.54) is 11.3 Å². The van der Waals surface area contributed by atoms with E-state index in [2.05, 4.69) is 59.3 Å². The summed E-state index contributed by atoms with van der Waals surface area (Å²) in [7, 11) is 2.16. The van der Waals surface area contributed by atoms with Crippen LogP contribution in [0.1, 0.15) is 11.6 Å². The van der Waals surface area contributed by atoms with Gasteiger partial charge in [-0.3, -0.25) is 4.90 Å². The van der Waals surface area contributed by atoms with Crippen LogP contribution in [0.15, 0.2) is 54.6 Å². The lowest BCUT2D eigenvalue weighted by Gasteiger charge is -2.26. The van der Waals surface area contributed by atoms with Gasteiger partial charge >= 0.3 is 0 Å². The summed E-state index contributed by atoms with van der Waals surface area (Å²) in [6, 6.07) is 19.2. The first kappa shape index (κ1) is 12.5. The molecular weight excluding hydrogens is 256 g/mol. The summed E-state index contributed by atoms with van der Waals surface area (Å²) < 4.78 is 0. The van der Waals surface area contributed by atoms with Gasteiger partial charge in [0.15, 0.2) is 0 Å². The van der Waals surface area contributed by atoms with Crippen molar-refractivity contribution in [1.82, 2.24) is 4.90 Å². The summed E-state index contributed by atoms with van der Waals surface area (Å²) in [6.45, 7) is 1.99. The molecule has 19 heavy (non-hydrogen) atoms. The van der Waals surface area contributed by atoms with E-state index in [0.29, 0.717) is 6.04 Å². The van der Waals surface area contributed by atoms with Crippen molar-refractivity contribution in [3.8, 4) is 0 Å². The lowest BCUT2D eigenvalue weighted by molar-refractivity contribution is 0.411. The molecule has 0 bridgehead atoms. The topological polar surface area (TPSA) is 6.48 Å². The minimum Gasteiger partial charge on any atom is -0.350 e. The van der Waals surface area contributed by atoms with Gasteiger partial charge in [0.25, 0.3) is 0 Å². The Morgan fingerprint density at radius 2 is 1.68 bits per heavy atom. The third-order valence-corrected chi connectivity index (χ3v) is 3.85. The largest absolute Gasteiger partial charge is 0.350 e. The van der Waals surface area contributed by atoms with Gasteiger partial charge in [0, 0.05) is 17.3 Å². The highest BCUT2D eigenvalue weighted by atomic mass is 35.5. The van der Waals surface area contributed by atoms with Gasteiger partial charge in [-0.1, -0.05) is 41.9 Å². The first-order chi connectivity index (χ1) is 9.24. The summed E-state index contributed by atoms with van der Waals surface area (Å²) in [5.74, 6) is 0. The van der Waals surface area contributed by atoms with E-state index in [-0.39, 0.29) is 0 Å². The second kappa shape index (κ2) is 5.24. The van der Waals surface area contributed by atoms with E-state index < -0.39 is 0 Å². The van der Waals surface area contributed by atoms with Crippen LogP contribution < -0.4 is 4.90 Å². The highest BCUT2D eigenvalue weighted by Gasteiger charge is 2.29. The van der Waals surface area contributed by atoms with Gasteiger partial charge in [0.1, 0.15) is 0 Å². The van der Waals surface area contributed by atoms with E-state index in [1.54, 1.807) is 0 Å². The number of halogens is 1. The van der Waals surface area contributed by atoms with Crippen molar-refractivity contribution in [1.29, 1.82) is 0 Å². The van der Waals surface area contributed by atoms with Crippen LogP contribution in [0.5, 0.6) is 0 Å². The number of benzene rings is 2. The molecule has 2 nitrogen and oxygen atoms in total. The Morgan fingerprint density at radius 3 is 2.37 bits per heavy atom. The molecule has 98 valence electrons.